The summed E-state index contributed by atoms with van der Waals surface area (Å²) in [6, 6.07) is 6.87. The highest BCUT2D eigenvalue weighted by Crippen LogP contribution is 2.18. The largest absolute Gasteiger partial charge is 0.484 e. The second-order valence-corrected chi connectivity index (χ2v) is 4.87. The maximum atomic E-state index is 12.0. The van der Waals surface area contributed by atoms with Gasteiger partial charge in [-0.05, 0) is 37.0 Å². The summed E-state index contributed by atoms with van der Waals surface area (Å²) in [7, 11) is 0. The number of amides is 1. The van der Waals surface area contributed by atoms with Crippen molar-refractivity contribution >= 4 is 11.9 Å². The van der Waals surface area contributed by atoms with Crippen LogP contribution in [0, 0.1) is 0 Å². The molecule has 5 nitrogen and oxygen atoms in total. The van der Waals surface area contributed by atoms with Gasteiger partial charge in [0.05, 0.1) is 0 Å². The second-order valence-electron chi connectivity index (χ2n) is 4.87. The number of ether oxygens (including phenoxy) is 1. The van der Waals surface area contributed by atoms with Gasteiger partial charge in [-0.15, -0.1) is 0 Å². The van der Waals surface area contributed by atoms with Gasteiger partial charge in [0.1, 0.15) is 11.8 Å². The molecule has 1 saturated heterocycles. The average molecular weight is 277 g/mol. The molecule has 1 atom stereocenters. The van der Waals surface area contributed by atoms with Crippen LogP contribution in [0.5, 0.6) is 5.75 Å². The Bertz CT molecular complexity index is 500. The minimum atomic E-state index is -0.941. The molecule has 1 aromatic carbocycles. The molecule has 0 radical (unpaired) electrons. The summed E-state index contributed by atoms with van der Waals surface area (Å²) in [4.78, 5) is 24.5. The Labute approximate surface area is 118 Å². The zero-order valence-corrected chi connectivity index (χ0v) is 11.5. The Hall–Kier alpha value is -2.04. The number of hydrogen-bond donors (Lipinski definition) is 1. The standard InChI is InChI=1S/C15H19NO4/c1-2-11-5-3-6-12(9-11)20-10-14(17)16-8-4-7-13(16)15(18)19/h3,5-6,9,13H,2,4,7-8,10H2,1H3,(H,18,19)/t13-/m1/s1. The molecule has 0 saturated carbocycles. The highest BCUT2D eigenvalue weighted by Gasteiger charge is 2.33. The zero-order valence-electron chi connectivity index (χ0n) is 11.5. The summed E-state index contributed by atoms with van der Waals surface area (Å²) >= 11 is 0. The summed E-state index contributed by atoms with van der Waals surface area (Å²) in [6.45, 7) is 2.43. The molecule has 0 spiro atoms. The Morgan fingerprint density at radius 1 is 1.45 bits per heavy atom. The summed E-state index contributed by atoms with van der Waals surface area (Å²) in [5.41, 5.74) is 1.14. The number of carboxylic acids is 1. The van der Waals surface area contributed by atoms with E-state index in [-0.39, 0.29) is 12.5 Å². The predicted molar refractivity (Wildman–Crippen MR) is 73.7 cm³/mol. The van der Waals surface area contributed by atoms with Gasteiger partial charge in [-0.3, -0.25) is 4.79 Å². The number of benzene rings is 1. The average Bonchev–Trinajstić information content (AvgIpc) is 2.94. The van der Waals surface area contributed by atoms with Crippen LogP contribution in [0.25, 0.3) is 0 Å². The smallest absolute Gasteiger partial charge is 0.326 e. The number of nitrogens with zero attached hydrogens (tertiary/aromatic N) is 1. The van der Waals surface area contributed by atoms with Gasteiger partial charge in [-0.2, -0.15) is 0 Å². The molecule has 20 heavy (non-hydrogen) atoms. The van der Waals surface area contributed by atoms with Crippen molar-refractivity contribution < 1.29 is 19.4 Å². The monoisotopic (exact) mass is 277 g/mol. The Morgan fingerprint density at radius 3 is 2.95 bits per heavy atom. The lowest BCUT2D eigenvalue weighted by Gasteiger charge is -2.21. The first kappa shape index (κ1) is 14.4. The summed E-state index contributed by atoms with van der Waals surface area (Å²) < 4.78 is 5.47. The molecule has 0 aliphatic carbocycles. The van der Waals surface area contributed by atoms with E-state index in [1.54, 1.807) is 6.07 Å². The number of rotatable bonds is 5. The minimum absolute atomic E-state index is 0.114. The molecule has 0 aromatic heterocycles. The van der Waals surface area contributed by atoms with Crippen molar-refractivity contribution in [1.82, 2.24) is 4.90 Å². The number of likely N-dealkylation sites (tertiary alicyclic amines) is 1. The van der Waals surface area contributed by atoms with Gasteiger partial charge in [0.2, 0.25) is 0 Å². The normalized spacial score (nSPS) is 18.1. The van der Waals surface area contributed by atoms with Crippen molar-refractivity contribution in [3.8, 4) is 5.75 Å². The Morgan fingerprint density at radius 2 is 2.25 bits per heavy atom. The van der Waals surface area contributed by atoms with Crippen LogP contribution < -0.4 is 4.74 Å². The maximum Gasteiger partial charge on any atom is 0.326 e. The maximum absolute atomic E-state index is 12.0. The molecule has 2 rings (SSSR count). The van der Waals surface area contributed by atoms with Crippen molar-refractivity contribution in [3.63, 3.8) is 0 Å². The first-order valence-corrected chi connectivity index (χ1v) is 6.86. The van der Waals surface area contributed by atoms with Crippen LogP contribution in [0.4, 0.5) is 0 Å². The van der Waals surface area contributed by atoms with Gasteiger partial charge in [0.25, 0.3) is 5.91 Å². The number of aryl methyl sites for hydroxylation is 1. The molecular formula is C15H19NO4. The van der Waals surface area contributed by atoms with Gasteiger partial charge >= 0.3 is 5.97 Å². The third-order valence-electron chi connectivity index (χ3n) is 3.53. The van der Waals surface area contributed by atoms with Crippen molar-refractivity contribution in [2.75, 3.05) is 13.2 Å². The van der Waals surface area contributed by atoms with E-state index < -0.39 is 12.0 Å². The van der Waals surface area contributed by atoms with Crippen molar-refractivity contribution in [2.45, 2.75) is 32.2 Å². The molecule has 0 bridgehead atoms. The molecule has 108 valence electrons. The zero-order chi connectivity index (χ0) is 14.5. The van der Waals surface area contributed by atoms with E-state index in [0.717, 1.165) is 18.4 Å². The lowest BCUT2D eigenvalue weighted by atomic mass is 10.2. The fourth-order valence-corrected chi connectivity index (χ4v) is 2.41. The third kappa shape index (κ3) is 3.29. The molecule has 1 aromatic rings. The van der Waals surface area contributed by atoms with E-state index in [1.165, 1.54) is 4.90 Å². The van der Waals surface area contributed by atoms with Crippen LogP contribution in [0.1, 0.15) is 25.3 Å². The van der Waals surface area contributed by atoms with Gasteiger partial charge in [-0.25, -0.2) is 4.79 Å². The third-order valence-corrected chi connectivity index (χ3v) is 3.53. The van der Waals surface area contributed by atoms with Gasteiger partial charge in [0.15, 0.2) is 6.61 Å². The molecule has 1 aliphatic heterocycles. The quantitative estimate of drug-likeness (QED) is 0.889. The summed E-state index contributed by atoms with van der Waals surface area (Å²) in [5, 5.41) is 9.05. The molecule has 5 heteroatoms. The van der Waals surface area contributed by atoms with Crippen molar-refractivity contribution in [2.24, 2.45) is 0 Å². The van der Waals surface area contributed by atoms with Gasteiger partial charge in [0, 0.05) is 6.54 Å². The minimum Gasteiger partial charge on any atom is -0.484 e. The van der Waals surface area contributed by atoms with E-state index in [9.17, 15) is 9.59 Å². The number of carbonyl (C=O) groups excluding carboxylic acids is 1. The summed E-state index contributed by atoms with van der Waals surface area (Å²) in [6.07, 6.45) is 2.15. The molecule has 0 unspecified atom stereocenters. The fourth-order valence-electron chi connectivity index (χ4n) is 2.41. The van der Waals surface area contributed by atoms with Gasteiger partial charge < -0.3 is 14.7 Å². The van der Waals surface area contributed by atoms with Gasteiger partial charge in [-0.1, -0.05) is 19.1 Å². The van der Waals surface area contributed by atoms with Crippen LogP contribution in [0.3, 0.4) is 0 Å². The number of hydrogen-bond acceptors (Lipinski definition) is 3. The SMILES string of the molecule is CCc1cccc(OCC(=O)N2CCC[C@@H]2C(=O)O)c1. The van der Waals surface area contributed by atoms with E-state index >= 15 is 0 Å². The molecule has 1 amide bonds. The first-order chi connectivity index (χ1) is 9.61. The van der Waals surface area contributed by atoms with Crippen LogP contribution in [0.2, 0.25) is 0 Å². The number of carboxylic acid groups (broad SMARTS) is 1. The molecule has 1 aliphatic rings. The van der Waals surface area contributed by atoms with E-state index in [0.29, 0.717) is 18.7 Å². The lowest BCUT2D eigenvalue weighted by molar-refractivity contribution is -0.148. The number of carbonyl (C=O) groups is 2. The second kappa shape index (κ2) is 6.41. The van der Waals surface area contributed by atoms with Crippen LogP contribution in [-0.4, -0.2) is 41.1 Å². The van der Waals surface area contributed by atoms with Crippen LogP contribution in [-0.2, 0) is 16.0 Å². The highest BCUT2D eigenvalue weighted by atomic mass is 16.5. The van der Waals surface area contributed by atoms with Crippen molar-refractivity contribution in [1.29, 1.82) is 0 Å². The lowest BCUT2D eigenvalue weighted by Crippen LogP contribution is -2.42. The number of aliphatic carboxylic acids is 1. The van der Waals surface area contributed by atoms with Crippen molar-refractivity contribution in [3.05, 3.63) is 29.8 Å². The van der Waals surface area contributed by atoms with Crippen LogP contribution >= 0.6 is 0 Å². The predicted octanol–water partition coefficient (Wildman–Crippen LogP) is 1.70. The van der Waals surface area contributed by atoms with E-state index in [1.807, 2.05) is 25.1 Å². The molecule has 1 N–H and O–H groups in total. The van der Waals surface area contributed by atoms with E-state index in [4.69, 9.17) is 9.84 Å². The Balaban J connectivity index is 1.93. The fraction of sp³-hybridized carbons (Fsp3) is 0.467. The molecule has 1 fully saturated rings. The highest BCUT2D eigenvalue weighted by molar-refractivity contribution is 5.85. The van der Waals surface area contributed by atoms with Crippen LogP contribution in [0.15, 0.2) is 24.3 Å². The van der Waals surface area contributed by atoms with E-state index in [2.05, 4.69) is 0 Å². The Kier molecular flexibility index (Phi) is 4.61. The summed E-state index contributed by atoms with van der Waals surface area (Å²) in [5.74, 6) is -0.565. The molecule has 1 heterocycles. The first-order valence-electron chi connectivity index (χ1n) is 6.86. The molecular weight excluding hydrogens is 258 g/mol. The topological polar surface area (TPSA) is 66.8 Å².